The maximum Gasteiger partial charge on any atom is 0.158 e. The van der Waals surface area contributed by atoms with Crippen LogP contribution in [0.2, 0.25) is 0 Å². The molecule has 0 fully saturated rings. The van der Waals surface area contributed by atoms with E-state index < -0.39 is 0 Å². The predicted octanol–water partition coefficient (Wildman–Crippen LogP) is 2.05. The smallest absolute Gasteiger partial charge is 0.158 e. The molecular formula is C10H11BrN4. The molecule has 0 saturated heterocycles. The van der Waals surface area contributed by atoms with Crippen LogP contribution in [0.4, 0.5) is 0 Å². The SMILES string of the molecule is C[C@@H](N)c1cccnc1-n1cc(Br)cn1. The van der Waals surface area contributed by atoms with Gasteiger partial charge in [0.1, 0.15) is 0 Å². The summed E-state index contributed by atoms with van der Waals surface area (Å²) >= 11 is 3.35. The van der Waals surface area contributed by atoms with Crippen LogP contribution >= 0.6 is 15.9 Å². The zero-order valence-corrected chi connectivity index (χ0v) is 9.85. The molecule has 0 aromatic carbocycles. The Labute approximate surface area is 96.3 Å². The number of halogens is 1. The van der Waals surface area contributed by atoms with E-state index in [1.807, 2.05) is 25.3 Å². The quantitative estimate of drug-likeness (QED) is 0.905. The lowest BCUT2D eigenvalue weighted by Gasteiger charge is -2.10. The molecule has 0 aliphatic carbocycles. The number of aromatic nitrogens is 3. The second-order valence-electron chi connectivity index (χ2n) is 3.31. The van der Waals surface area contributed by atoms with E-state index in [0.29, 0.717) is 0 Å². The molecule has 0 aliphatic rings. The van der Waals surface area contributed by atoms with Crippen LogP contribution < -0.4 is 5.73 Å². The van der Waals surface area contributed by atoms with E-state index in [4.69, 9.17) is 5.73 Å². The van der Waals surface area contributed by atoms with Gasteiger partial charge >= 0.3 is 0 Å². The lowest BCUT2D eigenvalue weighted by atomic mass is 10.1. The van der Waals surface area contributed by atoms with Gasteiger partial charge in [-0.05, 0) is 28.9 Å². The fraction of sp³-hybridized carbons (Fsp3) is 0.200. The van der Waals surface area contributed by atoms with E-state index in [1.54, 1.807) is 17.1 Å². The van der Waals surface area contributed by atoms with Crippen LogP contribution in [0.25, 0.3) is 5.82 Å². The summed E-state index contributed by atoms with van der Waals surface area (Å²) in [4.78, 5) is 4.28. The van der Waals surface area contributed by atoms with Gasteiger partial charge in [0, 0.05) is 24.0 Å². The Morgan fingerprint density at radius 3 is 2.93 bits per heavy atom. The van der Waals surface area contributed by atoms with Gasteiger partial charge in [0.15, 0.2) is 5.82 Å². The standard InChI is InChI=1S/C10H11BrN4/c1-7(12)9-3-2-4-13-10(9)15-6-8(11)5-14-15/h2-7H,12H2,1H3/t7-/m1/s1. The van der Waals surface area contributed by atoms with Crippen LogP contribution in [0.3, 0.4) is 0 Å². The molecule has 78 valence electrons. The van der Waals surface area contributed by atoms with Crippen molar-refractivity contribution in [1.82, 2.24) is 14.8 Å². The molecule has 2 aromatic rings. The third-order valence-corrected chi connectivity index (χ3v) is 2.49. The Kier molecular flexibility index (Phi) is 2.83. The van der Waals surface area contributed by atoms with Crippen molar-refractivity contribution >= 4 is 15.9 Å². The summed E-state index contributed by atoms with van der Waals surface area (Å²) in [6.45, 7) is 1.93. The van der Waals surface area contributed by atoms with Crippen LogP contribution in [0, 0.1) is 0 Å². The molecule has 0 spiro atoms. The zero-order chi connectivity index (χ0) is 10.8. The van der Waals surface area contributed by atoms with Gasteiger partial charge in [-0.15, -0.1) is 0 Å². The highest BCUT2D eigenvalue weighted by atomic mass is 79.9. The Morgan fingerprint density at radius 1 is 1.53 bits per heavy atom. The summed E-state index contributed by atoms with van der Waals surface area (Å²) in [5.41, 5.74) is 6.85. The largest absolute Gasteiger partial charge is 0.324 e. The van der Waals surface area contributed by atoms with E-state index in [1.165, 1.54) is 0 Å². The van der Waals surface area contributed by atoms with Crippen LogP contribution in [-0.4, -0.2) is 14.8 Å². The molecular weight excluding hydrogens is 256 g/mol. The van der Waals surface area contributed by atoms with Crippen molar-refractivity contribution in [2.45, 2.75) is 13.0 Å². The number of pyridine rings is 1. The van der Waals surface area contributed by atoms with Gasteiger partial charge in [0.25, 0.3) is 0 Å². The van der Waals surface area contributed by atoms with Crippen molar-refractivity contribution in [3.63, 3.8) is 0 Å². The molecule has 0 saturated carbocycles. The predicted molar refractivity (Wildman–Crippen MR) is 61.7 cm³/mol. The summed E-state index contributed by atoms with van der Waals surface area (Å²) < 4.78 is 2.63. The minimum Gasteiger partial charge on any atom is -0.324 e. The highest BCUT2D eigenvalue weighted by Crippen LogP contribution is 2.18. The second kappa shape index (κ2) is 4.12. The molecule has 2 heterocycles. The average Bonchev–Trinajstić information content (AvgIpc) is 2.65. The molecule has 2 rings (SSSR count). The first-order chi connectivity index (χ1) is 7.18. The number of nitrogens with zero attached hydrogens (tertiary/aromatic N) is 3. The molecule has 4 nitrogen and oxygen atoms in total. The van der Waals surface area contributed by atoms with Crippen LogP contribution in [0.15, 0.2) is 35.2 Å². The van der Waals surface area contributed by atoms with Gasteiger partial charge in [-0.25, -0.2) is 9.67 Å². The van der Waals surface area contributed by atoms with E-state index >= 15 is 0 Å². The first-order valence-electron chi connectivity index (χ1n) is 4.59. The normalized spacial score (nSPS) is 12.7. The summed E-state index contributed by atoms with van der Waals surface area (Å²) in [6.07, 6.45) is 5.31. The first-order valence-corrected chi connectivity index (χ1v) is 5.39. The lowest BCUT2D eigenvalue weighted by molar-refractivity contribution is 0.761. The van der Waals surface area contributed by atoms with E-state index in [-0.39, 0.29) is 6.04 Å². The number of hydrogen-bond donors (Lipinski definition) is 1. The number of hydrogen-bond acceptors (Lipinski definition) is 3. The van der Waals surface area contributed by atoms with Gasteiger partial charge in [-0.2, -0.15) is 5.10 Å². The summed E-state index contributed by atoms with van der Waals surface area (Å²) in [5.74, 6) is 0.776. The van der Waals surface area contributed by atoms with Gasteiger partial charge in [-0.1, -0.05) is 6.07 Å². The Hall–Kier alpha value is -1.20. The van der Waals surface area contributed by atoms with Crippen molar-refractivity contribution < 1.29 is 0 Å². The Balaban J connectivity index is 2.52. The second-order valence-corrected chi connectivity index (χ2v) is 4.22. The van der Waals surface area contributed by atoms with Crippen LogP contribution in [0.5, 0.6) is 0 Å². The fourth-order valence-electron chi connectivity index (χ4n) is 1.37. The van der Waals surface area contributed by atoms with Gasteiger partial charge < -0.3 is 5.73 Å². The molecule has 2 N–H and O–H groups in total. The fourth-order valence-corrected chi connectivity index (χ4v) is 1.66. The summed E-state index contributed by atoms with van der Waals surface area (Å²) in [6, 6.07) is 3.78. The van der Waals surface area contributed by atoms with Gasteiger partial charge in [0.2, 0.25) is 0 Å². The van der Waals surface area contributed by atoms with Crippen LogP contribution in [0.1, 0.15) is 18.5 Å². The molecule has 0 aliphatic heterocycles. The maximum atomic E-state index is 5.87. The Morgan fingerprint density at radius 2 is 2.33 bits per heavy atom. The van der Waals surface area contributed by atoms with Crippen molar-refractivity contribution in [3.8, 4) is 5.82 Å². The third-order valence-electron chi connectivity index (χ3n) is 2.08. The number of nitrogens with two attached hydrogens (primary N) is 1. The molecule has 15 heavy (non-hydrogen) atoms. The minimum absolute atomic E-state index is 0.0586. The maximum absolute atomic E-state index is 5.87. The molecule has 1 atom stereocenters. The van der Waals surface area contributed by atoms with E-state index in [2.05, 4.69) is 26.0 Å². The molecule has 0 radical (unpaired) electrons. The van der Waals surface area contributed by atoms with Gasteiger partial charge in [0.05, 0.1) is 10.7 Å². The van der Waals surface area contributed by atoms with Crippen molar-refractivity contribution in [2.75, 3.05) is 0 Å². The third kappa shape index (κ3) is 2.08. The summed E-state index contributed by atoms with van der Waals surface area (Å²) in [7, 11) is 0. The zero-order valence-electron chi connectivity index (χ0n) is 8.26. The topological polar surface area (TPSA) is 56.7 Å². The Bertz CT molecular complexity index is 464. The van der Waals surface area contributed by atoms with E-state index in [9.17, 15) is 0 Å². The first kappa shape index (κ1) is 10.3. The van der Waals surface area contributed by atoms with Crippen molar-refractivity contribution in [3.05, 3.63) is 40.8 Å². The highest BCUT2D eigenvalue weighted by Gasteiger charge is 2.09. The number of rotatable bonds is 2. The summed E-state index contributed by atoms with van der Waals surface area (Å²) in [5, 5.41) is 4.18. The van der Waals surface area contributed by atoms with Crippen molar-refractivity contribution in [2.24, 2.45) is 5.73 Å². The highest BCUT2D eigenvalue weighted by molar-refractivity contribution is 9.10. The molecule has 0 bridgehead atoms. The average molecular weight is 267 g/mol. The molecule has 2 aromatic heterocycles. The van der Waals surface area contributed by atoms with E-state index in [0.717, 1.165) is 15.9 Å². The van der Waals surface area contributed by atoms with Crippen molar-refractivity contribution in [1.29, 1.82) is 0 Å². The van der Waals surface area contributed by atoms with Gasteiger partial charge in [-0.3, -0.25) is 0 Å². The van der Waals surface area contributed by atoms with Crippen LogP contribution in [-0.2, 0) is 0 Å². The molecule has 0 amide bonds. The molecule has 5 heteroatoms. The minimum atomic E-state index is -0.0586. The monoisotopic (exact) mass is 266 g/mol. The lowest BCUT2D eigenvalue weighted by Crippen LogP contribution is -2.11. The molecule has 0 unspecified atom stereocenters.